The van der Waals surface area contributed by atoms with Crippen molar-refractivity contribution in [1.29, 1.82) is 0 Å². The van der Waals surface area contributed by atoms with Gasteiger partial charge in [0.15, 0.2) is 5.82 Å². The summed E-state index contributed by atoms with van der Waals surface area (Å²) in [6, 6.07) is 22.4. The summed E-state index contributed by atoms with van der Waals surface area (Å²) in [5, 5.41) is 3.43. The highest BCUT2D eigenvalue weighted by Gasteiger charge is 2.25. The molecule has 0 bridgehead atoms. The summed E-state index contributed by atoms with van der Waals surface area (Å²) in [5.41, 5.74) is 5.00. The number of pyridine rings is 1. The molecule has 5 heteroatoms. The smallest absolute Gasteiger partial charge is 0.154 e. The second kappa shape index (κ2) is 5.57. The van der Waals surface area contributed by atoms with Gasteiger partial charge in [0.1, 0.15) is 16.1 Å². The van der Waals surface area contributed by atoms with Crippen molar-refractivity contribution in [3.63, 3.8) is 0 Å². The van der Waals surface area contributed by atoms with Gasteiger partial charge in [-0.1, -0.05) is 42.5 Å². The molecule has 0 unspecified atom stereocenters. The average Bonchev–Trinajstić information content (AvgIpc) is 2.93. The van der Waals surface area contributed by atoms with Crippen molar-refractivity contribution in [3.05, 3.63) is 77.5 Å². The number of hydrogen-bond donors (Lipinski definition) is 1. The minimum Gasteiger partial charge on any atom is -0.338 e. The molecule has 0 saturated heterocycles. The SMILES string of the molecule is Brc1c(-c2ccccc2)nc2n1-c1cccnc1Nc1ccccc1-2. The first kappa shape index (κ1) is 14.4. The van der Waals surface area contributed by atoms with E-state index in [0.29, 0.717) is 0 Å². The van der Waals surface area contributed by atoms with E-state index in [1.54, 1.807) is 6.20 Å². The first-order valence-electron chi connectivity index (χ1n) is 7.98. The summed E-state index contributed by atoms with van der Waals surface area (Å²) in [6.45, 7) is 0. The number of nitrogens with zero attached hydrogens (tertiary/aromatic N) is 3. The second-order valence-corrected chi connectivity index (χ2v) is 6.57. The Bertz CT molecular complexity index is 1090. The van der Waals surface area contributed by atoms with E-state index < -0.39 is 0 Å². The van der Waals surface area contributed by atoms with Crippen molar-refractivity contribution < 1.29 is 0 Å². The highest BCUT2D eigenvalue weighted by Crippen LogP contribution is 2.42. The fourth-order valence-corrected chi connectivity index (χ4v) is 3.85. The maximum atomic E-state index is 4.97. The highest BCUT2D eigenvalue weighted by atomic mass is 79.9. The van der Waals surface area contributed by atoms with Crippen molar-refractivity contribution in [1.82, 2.24) is 14.5 Å². The lowest BCUT2D eigenvalue weighted by Gasteiger charge is -2.09. The van der Waals surface area contributed by atoms with Crippen LogP contribution in [-0.4, -0.2) is 14.5 Å². The quantitative estimate of drug-likeness (QED) is 0.416. The van der Waals surface area contributed by atoms with Crippen LogP contribution in [0.15, 0.2) is 77.5 Å². The van der Waals surface area contributed by atoms with Crippen molar-refractivity contribution in [3.8, 4) is 28.3 Å². The zero-order valence-corrected chi connectivity index (χ0v) is 14.7. The number of imidazole rings is 1. The largest absolute Gasteiger partial charge is 0.338 e. The summed E-state index contributed by atoms with van der Waals surface area (Å²) in [5.74, 6) is 1.70. The van der Waals surface area contributed by atoms with Crippen LogP contribution >= 0.6 is 15.9 Å². The summed E-state index contributed by atoms with van der Waals surface area (Å²) in [7, 11) is 0. The molecule has 0 spiro atoms. The molecule has 3 heterocycles. The van der Waals surface area contributed by atoms with Gasteiger partial charge in [0.05, 0.1) is 11.4 Å². The Labute approximate surface area is 153 Å². The Morgan fingerprint density at radius 1 is 0.880 bits per heavy atom. The van der Waals surface area contributed by atoms with Gasteiger partial charge in [-0.25, -0.2) is 9.97 Å². The Hall–Kier alpha value is -2.92. The van der Waals surface area contributed by atoms with Crippen LogP contribution in [0, 0.1) is 0 Å². The third-order valence-electron chi connectivity index (χ3n) is 4.32. The minimum absolute atomic E-state index is 0.811. The van der Waals surface area contributed by atoms with Gasteiger partial charge in [-0.2, -0.15) is 0 Å². The molecule has 0 amide bonds. The van der Waals surface area contributed by atoms with E-state index in [4.69, 9.17) is 4.98 Å². The van der Waals surface area contributed by atoms with Crippen LogP contribution in [0.1, 0.15) is 0 Å². The maximum Gasteiger partial charge on any atom is 0.154 e. The van der Waals surface area contributed by atoms with Crippen LogP contribution in [0.4, 0.5) is 11.5 Å². The van der Waals surface area contributed by atoms with Gasteiger partial charge in [-0.05, 0) is 40.2 Å². The van der Waals surface area contributed by atoms with Crippen LogP contribution < -0.4 is 5.32 Å². The minimum atomic E-state index is 0.811. The normalized spacial score (nSPS) is 11.7. The standard InChI is InChI=1S/C20H13BrN4/c21-18-17(13-7-2-1-3-8-13)24-20-14-9-4-5-10-15(14)23-19-16(25(18)20)11-6-12-22-19/h1-12H,(H,22,23). The zero-order valence-electron chi connectivity index (χ0n) is 13.1. The predicted octanol–water partition coefficient (Wildman–Crippen LogP) is 5.42. The molecule has 0 fully saturated rings. The second-order valence-electron chi connectivity index (χ2n) is 5.82. The lowest BCUT2D eigenvalue weighted by Crippen LogP contribution is -1.99. The average molecular weight is 389 g/mol. The Morgan fingerprint density at radius 2 is 1.68 bits per heavy atom. The number of fused-ring (bicyclic) bond motifs is 5. The molecule has 4 aromatic rings. The fraction of sp³-hybridized carbons (Fsp3) is 0. The lowest BCUT2D eigenvalue weighted by atomic mass is 10.1. The molecule has 0 radical (unpaired) electrons. The van der Waals surface area contributed by atoms with Crippen LogP contribution in [0.5, 0.6) is 0 Å². The van der Waals surface area contributed by atoms with Crippen molar-refractivity contribution in [2.45, 2.75) is 0 Å². The monoisotopic (exact) mass is 388 g/mol. The molecule has 4 nitrogen and oxygen atoms in total. The highest BCUT2D eigenvalue weighted by molar-refractivity contribution is 9.10. The van der Waals surface area contributed by atoms with Crippen molar-refractivity contribution >= 4 is 27.4 Å². The fourth-order valence-electron chi connectivity index (χ4n) is 3.17. The van der Waals surface area contributed by atoms with Crippen LogP contribution in [-0.2, 0) is 0 Å². The van der Waals surface area contributed by atoms with E-state index in [9.17, 15) is 0 Å². The van der Waals surface area contributed by atoms with Gasteiger partial charge in [-0.15, -0.1) is 0 Å². The van der Waals surface area contributed by atoms with E-state index in [1.807, 2.05) is 48.5 Å². The number of hydrogen-bond acceptors (Lipinski definition) is 3. The molecule has 120 valence electrons. The van der Waals surface area contributed by atoms with Gasteiger partial charge >= 0.3 is 0 Å². The molecule has 0 atom stereocenters. The molecular formula is C20H13BrN4. The summed E-state index contributed by atoms with van der Waals surface area (Å²) in [4.78, 5) is 9.49. The van der Waals surface area contributed by atoms with Crippen molar-refractivity contribution in [2.24, 2.45) is 0 Å². The molecule has 0 aliphatic carbocycles. The third-order valence-corrected chi connectivity index (χ3v) is 5.05. The van der Waals surface area contributed by atoms with E-state index in [-0.39, 0.29) is 0 Å². The topological polar surface area (TPSA) is 42.7 Å². The van der Waals surface area contributed by atoms with Crippen LogP contribution in [0.3, 0.4) is 0 Å². The van der Waals surface area contributed by atoms with E-state index in [0.717, 1.165) is 44.4 Å². The number of nitrogens with one attached hydrogen (secondary N) is 1. The first-order chi connectivity index (χ1) is 12.3. The van der Waals surface area contributed by atoms with Crippen LogP contribution in [0.25, 0.3) is 28.3 Å². The first-order valence-corrected chi connectivity index (χ1v) is 8.78. The summed E-state index contributed by atoms with van der Waals surface area (Å²) < 4.78 is 3.03. The van der Waals surface area contributed by atoms with Gasteiger partial charge in [0.25, 0.3) is 0 Å². The van der Waals surface area contributed by atoms with Gasteiger partial charge in [0, 0.05) is 17.3 Å². The lowest BCUT2D eigenvalue weighted by molar-refractivity contribution is 1.04. The Balaban J connectivity index is 1.87. The predicted molar refractivity (Wildman–Crippen MR) is 103 cm³/mol. The molecule has 25 heavy (non-hydrogen) atoms. The Kier molecular flexibility index (Phi) is 3.21. The molecule has 2 aromatic heterocycles. The number of rotatable bonds is 1. The van der Waals surface area contributed by atoms with Gasteiger partial charge in [0.2, 0.25) is 0 Å². The van der Waals surface area contributed by atoms with E-state index in [2.05, 4.69) is 49.0 Å². The molecule has 5 rings (SSSR count). The van der Waals surface area contributed by atoms with Gasteiger partial charge < -0.3 is 5.32 Å². The third kappa shape index (κ3) is 2.20. The number of halogens is 1. The number of benzene rings is 2. The van der Waals surface area contributed by atoms with E-state index in [1.165, 1.54) is 0 Å². The molecule has 1 aliphatic rings. The molecule has 1 aliphatic heterocycles. The molecule has 2 aromatic carbocycles. The van der Waals surface area contributed by atoms with E-state index >= 15 is 0 Å². The number of anilines is 2. The molecule has 1 N–H and O–H groups in total. The van der Waals surface area contributed by atoms with Crippen LogP contribution in [0.2, 0.25) is 0 Å². The van der Waals surface area contributed by atoms with Crippen molar-refractivity contribution in [2.75, 3.05) is 5.32 Å². The van der Waals surface area contributed by atoms with Gasteiger partial charge in [-0.3, -0.25) is 4.57 Å². The number of aromatic nitrogens is 3. The number of para-hydroxylation sites is 1. The zero-order chi connectivity index (χ0) is 16.8. The Morgan fingerprint density at radius 3 is 2.56 bits per heavy atom. The molecule has 0 saturated carbocycles. The molecular weight excluding hydrogens is 376 g/mol. The maximum absolute atomic E-state index is 4.97. The summed E-state index contributed by atoms with van der Waals surface area (Å²) in [6.07, 6.45) is 1.79. The summed E-state index contributed by atoms with van der Waals surface area (Å²) >= 11 is 3.78.